The number of benzene rings is 1. The van der Waals surface area contributed by atoms with Crippen molar-refractivity contribution >= 4 is 23.6 Å². The molecule has 33 heavy (non-hydrogen) atoms. The molecule has 3 heterocycles. The molecular weight excluding hydrogens is 422 g/mol. The van der Waals surface area contributed by atoms with Gasteiger partial charge in [0.15, 0.2) is 0 Å². The minimum Gasteiger partial charge on any atom is -0.314 e. The Labute approximate surface area is 193 Å². The molecule has 9 nitrogen and oxygen atoms in total. The van der Waals surface area contributed by atoms with Crippen molar-refractivity contribution in [3.05, 3.63) is 34.9 Å². The van der Waals surface area contributed by atoms with Gasteiger partial charge >= 0.3 is 0 Å². The van der Waals surface area contributed by atoms with Gasteiger partial charge in [0.1, 0.15) is 6.04 Å². The summed E-state index contributed by atoms with van der Waals surface area (Å²) >= 11 is 0. The maximum Gasteiger partial charge on any atom is 0.262 e. The molecule has 1 aromatic rings. The molecule has 4 aliphatic rings. The van der Waals surface area contributed by atoms with E-state index in [9.17, 15) is 19.2 Å². The molecule has 0 aromatic heterocycles. The number of fused-ring (bicyclic) bond motifs is 1. The summed E-state index contributed by atoms with van der Waals surface area (Å²) in [4.78, 5) is 53.6. The summed E-state index contributed by atoms with van der Waals surface area (Å²) in [5.41, 5.74) is 1.51. The molecule has 9 heteroatoms. The van der Waals surface area contributed by atoms with Gasteiger partial charge in [-0.3, -0.25) is 34.3 Å². The topological polar surface area (TPSA) is 111 Å². The highest BCUT2D eigenvalue weighted by molar-refractivity contribution is 6.24. The average Bonchev–Trinajstić information content (AvgIpc) is 3.09. The lowest BCUT2D eigenvalue weighted by Gasteiger charge is -2.39. The second kappa shape index (κ2) is 9.32. The molecule has 3 fully saturated rings. The summed E-state index contributed by atoms with van der Waals surface area (Å²) in [5, 5.41) is 9.25. The van der Waals surface area contributed by atoms with Crippen molar-refractivity contribution in [3.8, 4) is 0 Å². The zero-order valence-corrected chi connectivity index (χ0v) is 18.8. The summed E-state index contributed by atoms with van der Waals surface area (Å²) in [5.74, 6) is -1.85. The fraction of sp³-hybridized carbons (Fsp3) is 0.583. The summed E-state index contributed by atoms with van der Waals surface area (Å²) < 4.78 is 0. The number of hydrogen-bond donors (Lipinski definition) is 3. The molecule has 1 atom stereocenters. The van der Waals surface area contributed by atoms with Crippen LogP contribution in [0.3, 0.4) is 0 Å². The van der Waals surface area contributed by atoms with Crippen LogP contribution >= 0.6 is 0 Å². The van der Waals surface area contributed by atoms with Crippen LogP contribution < -0.4 is 16.0 Å². The number of nitrogens with zero attached hydrogens (tertiary/aromatic N) is 2. The van der Waals surface area contributed by atoms with Crippen LogP contribution in [0.5, 0.6) is 0 Å². The highest BCUT2D eigenvalue weighted by Gasteiger charge is 2.45. The second-order valence-corrected chi connectivity index (χ2v) is 9.46. The van der Waals surface area contributed by atoms with Gasteiger partial charge in [0.25, 0.3) is 11.8 Å². The Balaban J connectivity index is 1.23. The first-order valence-corrected chi connectivity index (χ1v) is 12.0. The zero-order valence-electron chi connectivity index (χ0n) is 18.8. The monoisotopic (exact) mass is 453 g/mol. The number of rotatable bonds is 5. The smallest absolute Gasteiger partial charge is 0.262 e. The zero-order chi connectivity index (χ0) is 22.9. The fourth-order valence-corrected chi connectivity index (χ4v) is 5.68. The number of amides is 4. The molecular formula is C24H31N5O4. The van der Waals surface area contributed by atoms with Gasteiger partial charge < -0.3 is 10.6 Å². The normalized spacial score (nSPS) is 28.7. The van der Waals surface area contributed by atoms with Crippen molar-refractivity contribution in [1.29, 1.82) is 0 Å². The summed E-state index contributed by atoms with van der Waals surface area (Å²) in [6, 6.07) is 5.42. The molecule has 2 saturated heterocycles. The number of hydrogen-bond acceptors (Lipinski definition) is 7. The Hall–Kier alpha value is -2.62. The number of piperazine rings is 1. The van der Waals surface area contributed by atoms with Gasteiger partial charge in [-0.05, 0) is 43.7 Å². The van der Waals surface area contributed by atoms with Gasteiger partial charge in [-0.2, -0.15) is 0 Å². The van der Waals surface area contributed by atoms with Crippen LogP contribution in [0, 0.1) is 0 Å². The fourth-order valence-electron chi connectivity index (χ4n) is 5.68. The molecule has 3 N–H and O–H groups in total. The molecule has 4 amide bonds. The molecule has 1 aromatic carbocycles. The number of carbonyl (C=O) groups is 4. The Bertz CT molecular complexity index is 966. The van der Waals surface area contributed by atoms with Crippen molar-refractivity contribution in [3.63, 3.8) is 0 Å². The third-order valence-electron chi connectivity index (χ3n) is 7.50. The van der Waals surface area contributed by atoms with Crippen LogP contribution in [0.25, 0.3) is 0 Å². The summed E-state index contributed by atoms with van der Waals surface area (Å²) in [6.07, 6.45) is 4.82. The first kappa shape index (κ1) is 22.2. The Morgan fingerprint density at radius 3 is 2.42 bits per heavy atom. The van der Waals surface area contributed by atoms with E-state index in [2.05, 4.69) is 20.9 Å². The van der Waals surface area contributed by atoms with Crippen molar-refractivity contribution < 1.29 is 19.2 Å². The Kier molecular flexibility index (Phi) is 6.27. The number of piperidine rings is 1. The molecule has 1 saturated carbocycles. The van der Waals surface area contributed by atoms with Gasteiger partial charge in [-0.15, -0.1) is 0 Å². The number of nitrogens with one attached hydrogen (secondary N) is 3. The third kappa shape index (κ3) is 4.32. The van der Waals surface area contributed by atoms with E-state index in [1.54, 1.807) is 12.1 Å². The van der Waals surface area contributed by atoms with Gasteiger partial charge in [0.05, 0.1) is 11.1 Å². The molecule has 1 aliphatic carbocycles. The molecule has 1 unspecified atom stereocenters. The van der Waals surface area contributed by atoms with Crippen LogP contribution in [-0.4, -0.2) is 77.7 Å². The maximum atomic E-state index is 13.2. The van der Waals surface area contributed by atoms with Crippen LogP contribution in [0.2, 0.25) is 0 Å². The second-order valence-electron chi connectivity index (χ2n) is 9.46. The predicted octanol–water partition coefficient (Wildman–Crippen LogP) is 0.394. The quantitative estimate of drug-likeness (QED) is 0.553. The molecule has 0 radical (unpaired) electrons. The molecule has 176 valence electrons. The molecule has 0 spiro atoms. The van der Waals surface area contributed by atoms with E-state index < -0.39 is 23.8 Å². The van der Waals surface area contributed by atoms with Crippen LogP contribution in [-0.2, 0) is 16.1 Å². The van der Waals surface area contributed by atoms with Crippen molar-refractivity contribution in [1.82, 2.24) is 25.8 Å². The minimum atomic E-state index is -0.934. The molecule has 3 aliphatic heterocycles. The van der Waals surface area contributed by atoms with Crippen molar-refractivity contribution in [2.24, 2.45) is 0 Å². The van der Waals surface area contributed by atoms with E-state index in [4.69, 9.17) is 0 Å². The largest absolute Gasteiger partial charge is 0.314 e. The van der Waals surface area contributed by atoms with Gasteiger partial charge in [-0.25, -0.2) is 0 Å². The molecule has 0 bridgehead atoms. The third-order valence-corrected chi connectivity index (χ3v) is 7.50. The van der Waals surface area contributed by atoms with E-state index in [1.165, 1.54) is 12.8 Å². The van der Waals surface area contributed by atoms with Gasteiger partial charge in [-0.1, -0.05) is 12.1 Å². The highest BCUT2D eigenvalue weighted by Crippen LogP contribution is 2.30. The highest BCUT2D eigenvalue weighted by atomic mass is 16.2. The van der Waals surface area contributed by atoms with Gasteiger partial charge in [0.2, 0.25) is 11.8 Å². The van der Waals surface area contributed by atoms with E-state index in [0.29, 0.717) is 29.8 Å². The lowest BCUT2D eigenvalue weighted by atomic mass is 9.89. The van der Waals surface area contributed by atoms with Gasteiger partial charge in [0, 0.05) is 51.2 Å². The Morgan fingerprint density at radius 2 is 1.70 bits per heavy atom. The Morgan fingerprint density at radius 1 is 0.939 bits per heavy atom. The SMILES string of the molecule is O=C1CCC(N2C(=O)c3cccc(CNC4CCC(N5CCNCC5)CC4)c3C2=O)C(=O)N1. The van der Waals surface area contributed by atoms with Crippen molar-refractivity contribution in [2.75, 3.05) is 26.2 Å². The number of imide groups is 2. The van der Waals surface area contributed by atoms with E-state index >= 15 is 0 Å². The minimum absolute atomic E-state index is 0.120. The predicted molar refractivity (Wildman–Crippen MR) is 120 cm³/mol. The molecule has 5 rings (SSSR count). The van der Waals surface area contributed by atoms with Crippen molar-refractivity contribution in [2.45, 2.75) is 63.2 Å². The summed E-state index contributed by atoms with van der Waals surface area (Å²) in [7, 11) is 0. The van der Waals surface area contributed by atoms with E-state index in [1.807, 2.05) is 6.07 Å². The first-order chi connectivity index (χ1) is 16.0. The maximum absolute atomic E-state index is 13.2. The first-order valence-electron chi connectivity index (χ1n) is 12.0. The van der Waals surface area contributed by atoms with Crippen LogP contribution in [0.1, 0.15) is 64.8 Å². The van der Waals surface area contributed by atoms with E-state index in [-0.39, 0.29) is 18.7 Å². The summed E-state index contributed by atoms with van der Waals surface area (Å²) in [6.45, 7) is 4.89. The average molecular weight is 454 g/mol. The van der Waals surface area contributed by atoms with E-state index in [0.717, 1.165) is 49.5 Å². The lowest BCUT2D eigenvalue weighted by molar-refractivity contribution is -0.136. The van der Waals surface area contributed by atoms with Crippen LogP contribution in [0.15, 0.2) is 18.2 Å². The number of carbonyl (C=O) groups excluding carboxylic acids is 4. The standard InChI is InChI=1S/C24H31N5O4/c30-20-9-8-19(22(31)27-20)29-23(32)18-3-1-2-15(21(18)24(29)33)14-26-16-4-6-17(7-5-16)28-12-10-25-11-13-28/h1-3,16-17,19,25-26H,4-14H2,(H,27,30,31). The lowest BCUT2D eigenvalue weighted by Crippen LogP contribution is -2.54. The van der Waals surface area contributed by atoms with Crippen LogP contribution in [0.4, 0.5) is 0 Å².